The molecular weight excluding hydrogens is 213 g/mol. The maximum absolute atomic E-state index is 13.1. The smallest absolute Gasteiger partial charge is 0.123 e. The van der Waals surface area contributed by atoms with Gasteiger partial charge >= 0.3 is 0 Å². The molecular formula is C15H14FN. The average Bonchev–Trinajstić information content (AvgIpc) is 2.73. The zero-order chi connectivity index (χ0) is 11.7. The summed E-state index contributed by atoms with van der Waals surface area (Å²) in [6, 6.07) is 15.5. The first-order chi connectivity index (χ1) is 8.33. The number of halogens is 1. The number of nitrogens with zero attached hydrogens (tertiary/aromatic N) is 1. The Labute approximate surface area is 101 Å². The van der Waals surface area contributed by atoms with Crippen LogP contribution in [-0.2, 0) is 13.0 Å². The van der Waals surface area contributed by atoms with E-state index in [0.29, 0.717) is 0 Å². The molecule has 0 fully saturated rings. The fourth-order valence-corrected chi connectivity index (χ4v) is 2.41. The summed E-state index contributed by atoms with van der Waals surface area (Å²) in [5, 5.41) is 0. The van der Waals surface area contributed by atoms with Gasteiger partial charge in [-0.15, -0.1) is 0 Å². The van der Waals surface area contributed by atoms with Crippen molar-refractivity contribution in [1.29, 1.82) is 0 Å². The number of hydrogen-bond donors (Lipinski definition) is 0. The molecule has 0 saturated carbocycles. The fraction of sp³-hybridized carbons (Fsp3) is 0.200. The molecule has 2 heteroatoms. The second kappa shape index (κ2) is 4.21. The van der Waals surface area contributed by atoms with Crippen LogP contribution < -0.4 is 4.90 Å². The van der Waals surface area contributed by atoms with Crippen molar-refractivity contribution in [1.82, 2.24) is 0 Å². The standard InChI is InChI=1S/C15H14FN/c16-14-6-7-15-13(10-14)8-9-17(15)11-12-4-2-1-3-5-12/h1-7,10H,8-9,11H2. The van der Waals surface area contributed by atoms with Gasteiger partial charge in [0.05, 0.1) is 0 Å². The minimum Gasteiger partial charge on any atom is -0.367 e. The minimum absolute atomic E-state index is 0.134. The predicted molar refractivity (Wildman–Crippen MR) is 67.6 cm³/mol. The van der Waals surface area contributed by atoms with Crippen LogP contribution in [0.15, 0.2) is 48.5 Å². The van der Waals surface area contributed by atoms with Gasteiger partial charge in [0.2, 0.25) is 0 Å². The van der Waals surface area contributed by atoms with E-state index in [9.17, 15) is 4.39 Å². The van der Waals surface area contributed by atoms with Crippen LogP contribution in [0.4, 0.5) is 10.1 Å². The molecule has 2 aromatic rings. The largest absolute Gasteiger partial charge is 0.367 e. The maximum Gasteiger partial charge on any atom is 0.123 e. The molecule has 17 heavy (non-hydrogen) atoms. The van der Waals surface area contributed by atoms with Crippen LogP contribution in [-0.4, -0.2) is 6.54 Å². The minimum atomic E-state index is -0.134. The molecule has 1 aliphatic rings. The summed E-state index contributed by atoms with van der Waals surface area (Å²) in [5.41, 5.74) is 3.60. The molecule has 0 aromatic heterocycles. The maximum atomic E-state index is 13.1. The van der Waals surface area contributed by atoms with Gasteiger partial charge in [-0.25, -0.2) is 4.39 Å². The van der Waals surface area contributed by atoms with Crippen LogP contribution in [0, 0.1) is 5.82 Å². The summed E-state index contributed by atoms with van der Waals surface area (Å²) >= 11 is 0. The van der Waals surface area contributed by atoms with Crippen molar-refractivity contribution in [2.45, 2.75) is 13.0 Å². The highest BCUT2D eigenvalue weighted by Gasteiger charge is 2.19. The first kappa shape index (κ1) is 10.3. The zero-order valence-corrected chi connectivity index (χ0v) is 9.57. The van der Waals surface area contributed by atoms with E-state index in [1.807, 2.05) is 12.1 Å². The molecule has 0 bridgehead atoms. The number of anilines is 1. The van der Waals surface area contributed by atoms with Crippen LogP contribution in [0.1, 0.15) is 11.1 Å². The molecule has 0 spiro atoms. The summed E-state index contributed by atoms with van der Waals surface area (Å²) in [5.74, 6) is -0.134. The second-order valence-corrected chi connectivity index (χ2v) is 4.43. The highest BCUT2D eigenvalue weighted by molar-refractivity contribution is 5.58. The first-order valence-corrected chi connectivity index (χ1v) is 5.90. The van der Waals surface area contributed by atoms with Crippen molar-refractivity contribution in [3.05, 3.63) is 65.5 Å². The molecule has 1 heterocycles. The van der Waals surface area contributed by atoms with Crippen molar-refractivity contribution in [3.8, 4) is 0 Å². The normalized spacial score (nSPS) is 13.8. The zero-order valence-electron chi connectivity index (χ0n) is 9.57. The Bertz CT molecular complexity index is 522. The third kappa shape index (κ3) is 2.03. The molecule has 0 amide bonds. The van der Waals surface area contributed by atoms with Gasteiger partial charge in [0.15, 0.2) is 0 Å². The first-order valence-electron chi connectivity index (χ1n) is 5.90. The van der Waals surface area contributed by atoms with Gasteiger partial charge in [-0.2, -0.15) is 0 Å². The van der Waals surface area contributed by atoms with Crippen molar-refractivity contribution in [3.63, 3.8) is 0 Å². The van der Waals surface area contributed by atoms with Crippen molar-refractivity contribution < 1.29 is 4.39 Å². The average molecular weight is 227 g/mol. The molecule has 0 atom stereocenters. The number of fused-ring (bicyclic) bond motifs is 1. The third-order valence-corrected chi connectivity index (χ3v) is 3.25. The number of benzene rings is 2. The Kier molecular flexibility index (Phi) is 2.56. The van der Waals surface area contributed by atoms with Gasteiger partial charge in [0, 0.05) is 18.8 Å². The summed E-state index contributed by atoms with van der Waals surface area (Å²) < 4.78 is 13.1. The fourth-order valence-electron chi connectivity index (χ4n) is 2.41. The molecule has 0 saturated heterocycles. The summed E-state index contributed by atoms with van der Waals surface area (Å²) in [4.78, 5) is 2.31. The van der Waals surface area contributed by atoms with E-state index in [1.165, 1.54) is 11.3 Å². The molecule has 0 unspecified atom stereocenters. The van der Waals surface area contributed by atoms with Crippen molar-refractivity contribution >= 4 is 5.69 Å². The number of hydrogen-bond acceptors (Lipinski definition) is 1. The van der Waals surface area contributed by atoms with Crippen LogP contribution in [0.25, 0.3) is 0 Å². The lowest BCUT2D eigenvalue weighted by Crippen LogP contribution is -2.19. The SMILES string of the molecule is Fc1ccc2c(c1)CCN2Cc1ccccc1. The summed E-state index contributed by atoms with van der Waals surface area (Å²) in [7, 11) is 0. The lowest BCUT2D eigenvalue weighted by molar-refractivity contribution is 0.626. The molecule has 0 aliphatic carbocycles. The molecule has 86 valence electrons. The highest BCUT2D eigenvalue weighted by Crippen LogP contribution is 2.29. The monoisotopic (exact) mass is 227 g/mol. The Hall–Kier alpha value is -1.83. The Morgan fingerprint density at radius 1 is 1.06 bits per heavy atom. The summed E-state index contributed by atoms with van der Waals surface area (Å²) in [6.07, 6.45) is 0.944. The van der Waals surface area contributed by atoms with E-state index in [4.69, 9.17) is 0 Å². The molecule has 0 radical (unpaired) electrons. The molecule has 1 nitrogen and oxygen atoms in total. The van der Waals surface area contributed by atoms with Gasteiger partial charge in [0.1, 0.15) is 5.82 Å². The predicted octanol–water partition coefficient (Wildman–Crippen LogP) is 3.39. The van der Waals surface area contributed by atoms with Gasteiger partial charge in [0.25, 0.3) is 0 Å². The second-order valence-electron chi connectivity index (χ2n) is 4.43. The quantitative estimate of drug-likeness (QED) is 0.760. The van der Waals surface area contributed by atoms with Gasteiger partial charge < -0.3 is 4.90 Å². The molecule has 1 aliphatic heterocycles. The van der Waals surface area contributed by atoms with Crippen LogP contribution in [0.5, 0.6) is 0 Å². The van der Waals surface area contributed by atoms with E-state index in [0.717, 1.165) is 25.1 Å². The van der Waals surface area contributed by atoms with Gasteiger partial charge in [-0.1, -0.05) is 30.3 Å². The van der Waals surface area contributed by atoms with E-state index in [2.05, 4.69) is 29.2 Å². The lowest BCUT2D eigenvalue weighted by atomic mass is 10.1. The Balaban J connectivity index is 1.85. The lowest BCUT2D eigenvalue weighted by Gasteiger charge is -2.19. The number of rotatable bonds is 2. The van der Waals surface area contributed by atoms with Gasteiger partial charge in [-0.05, 0) is 35.7 Å². The van der Waals surface area contributed by atoms with Gasteiger partial charge in [-0.3, -0.25) is 0 Å². The molecule has 0 N–H and O–H groups in total. The topological polar surface area (TPSA) is 3.24 Å². The van der Waals surface area contributed by atoms with Crippen molar-refractivity contribution in [2.24, 2.45) is 0 Å². The molecule has 3 rings (SSSR count). The van der Waals surface area contributed by atoms with E-state index < -0.39 is 0 Å². The van der Waals surface area contributed by atoms with Crippen LogP contribution >= 0.6 is 0 Å². The van der Waals surface area contributed by atoms with E-state index in [1.54, 1.807) is 12.1 Å². The van der Waals surface area contributed by atoms with Crippen LogP contribution in [0.3, 0.4) is 0 Å². The third-order valence-electron chi connectivity index (χ3n) is 3.25. The van der Waals surface area contributed by atoms with E-state index >= 15 is 0 Å². The molecule has 2 aromatic carbocycles. The highest BCUT2D eigenvalue weighted by atomic mass is 19.1. The van der Waals surface area contributed by atoms with Crippen LogP contribution in [0.2, 0.25) is 0 Å². The Morgan fingerprint density at radius 3 is 2.71 bits per heavy atom. The summed E-state index contributed by atoms with van der Waals surface area (Å²) in [6.45, 7) is 1.88. The Morgan fingerprint density at radius 2 is 1.88 bits per heavy atom. The van der Waals surface area contributed by atoms with E-state index in [-0.39, 0.29) is 5.82 Å². The van der Waals surface area contributed by atoms with Crippen molar-refractivity contribution in [2.75, 3.05) is 11.4 Å².